The van der Waals surface area contributed by atoms with Gasteiger partial charge >= 0.3 is 0 Å². The van der Waals surface area contributed by atoms with Crippen LogP contribution in [0.1, 0.15) is 44.7 Å². The number of amides is 2. The largest absolute Gasteiger partial charge is 0.508 e. The zero-order valence-corrected chi connectivity index (χ0v) is 23.1. The number of imide groups is 1. The number of carbonyl (C=O) groups is 2. The zero-order chi connectivity index (χ0) is 28.7. The summed E-state index contributed by atoms with van der Waals surface area (Å²) in [6, 6.07) is 19.7. The molecular formula is C31H36N6O3. The van der Waals surface area contributed by atoms with Crippen molar-refractivity contribution in [3.63, 3.8) is 0 Å². The van der Waals surface area contributed by atoms with Crippen molar-refractivity contribution in [1.29, 1.82) is 0 Å². The topological polar surface area (TPSA) is 135 Å². The fraction of sp³-hybridized carbons (Fsp3) is 0.290. The van der Waals surface area contributed by atoms with Crippen molar-refractivity contribution in [3.8, 4) is 22.7 Å². The number of anilines is 1. The van der Waals surface area contributed by atoms with Crippen molar-refractivity contribution in [2.45, 2.75) is 51.5 Å². The van der Waals surface area contributed by atoms with E-state index in [2.05, 4.69) is 48.5 Å². The number of hydrogen-bond acceptors (Lipinski definition) is 7. The molecule has 0 aliphatic carbocycles. The summed E-state index contributed by atoms with van der Waals surface area (Å²) in [4.78, 5) is 29.0. The van der Waals surface area contributed by atoms with Crippen LogP contribution in [0.25, 0.3) is 16.9 Å². The van der Waals surface area contributed by atoms with E-state index in [9.17, 15) is 14.7 Å². The summed E-state index contributed by atoms with van der Waals surface area (Å²) >= 11 is 0. The first-order valence-electron chi connectivity index (χ1n) is 13.3. The lowest BCUT2D eigenvalue weighted by Crippen LogP contribution is -2.44. The van der Waals surface area contributed by atoms with E-state index in [1.807, 2.05) is 35.0 Å². The first kappa shape index (κ1) is 28.5. The van der Waals surface area contributed by atoms with Crippen molar-refractivity contribution in [3.05, 3.63) is 90.3 Å². The van der Waals surface area contributed by atoms with Gasteiger partial charge in [0.2, 0.25) is 11.8 Å². The van der Waals surface area contributed by atoms with Gasteiger partial charge in [0, 0.05) is 37.0 Å². The molecule has 0 saturated carbocycles. The third kappa shape index (κ3) is 7.54. The standard InChI is InChI=1S/C31H36N6O3/c1-31(2,3)23-10-12-24(13-11-23)37-28(19-27(36-37)22-6-4-16-33-20-22)34-17-5-7-29(39)35-30(40)26(32)18-21-8-14-25(38)15-9-21/h4,6,8-16,19-20,26,34,38H,5,7,17-18,32H2,1-3H3,(H,35,39,40)/t26-/m0/s1. The van der Waals surface area contributed by atoms with Gasteiger partial charge in [-0.2, -0.15) is 5.10 Å². The van der Waals surface area contributed by atoms with E-state index in [0.717, 1.165) is 28.3 Å². The predicted molar refractivity (Wildman–Crippen MR) is 156 cm³/mol. The molecule has 2 aromatic heterocycles. The van der Waals surface area contributed by atoms with Crippen molar-refractivity contribution in [2.24, 2.45) is 5.73 Å². The normalized spacial score (nSPS) is 12.1. The van der Waals surface area contributed by atoms with Crippen LogP contribution in [0.4, 0.5) is 5.82 Å². The van der Waals surface area contributed by atoms with Gasteiger partial charge in [-0.05, 0) is 65.8 Å². The van der Waals surface area contributed by atoms with Crippen molar-refractivity contribution in [1.82, 2.24) is 20.1 Å². The summed E-state index contributed by atoms with van der Waals surface area (Å²) in [5.41, 5.74) is 10.6. The van der Waals surface area contributed by atoms with Crippen LogP contribution in [0.2, 0.25) is 0 Å². The van der Waals surface area contributed by atoms with E-state index < -0.39 is 11.9 Å². The smallest absolute Gasteiger partial charge is 0.243 e. The Hall–Kier alpha value is -4.50. The fourth-order valence-corrected chi connectivity index (χ4v) is 4.20. The Bertz CT molecular complexity index is 1420. The Morgan fingerprint density at radius 1 is 1.05 bits per heavy atom. The first-order valence-corrected chi connectivity index (χ1v) is 13.3. The molecule has 40 heavy (non-hydrogen) atoms. The maximum absolute atomic E-state index is 12.4. The molecule has 208 valence electrons. The quantitative estimate of drug-likeness (QED) is 0.220. The van der Waals surface area contributed by atoms with Crippen LogP contribution in [0.5, 0.6) is 5.75 Å². The summed E-state index contributed by atoms with van der Waals surface area (Å²) in [7, 11) is 0. The first-order chi connectivity index (χ1) is 19.1. The third-order valence-electron chi connectivity index (χ3n) is 6.52. The van der Waals surface area contributed by atoms with Crippen LogP contribution in [-0.2, 0) is 21.4 Å². The number of nitrogens with one attached hydrogen (secondary N) is 2. The lowest BCUT2D eigenvalue weighted by atomic mass is 9.87. The molecule has 9 heteroatoms. The summed E-state index contributed by atoms with van der Waals surface area (Å²) in [5.74, 6) is 0.0225. The summed E-state index contributed by atoms with van der Waals surface area (Å²) in [6.07, 6.45) is 4.42. The molecular weight excluding hydrogens is 504 g/mol. The number of pyridine rings is 1. The third-order valence-corrected chi connectivity index (χ3v) is 6.52. The number of hydrogen-bond donors (Lipinski definition) is 4. The Labute approximate surface area is 234 Å². The van der Waals surface area contributed by atoms with Gasteiger partial charge < -0.3 is 16.2 Å². The molecule has 2 heterocycles. The number of rotatable bonds is 10. The van der Waals surface area contributed by atoms with Crippen LogP contribution >= 0.6 is 0 Å². The van der Waals surface area contributed by atoms with E-state index in [0.29, 0.717) is 13.0 Å². The number of aromatic hydroxyl groups is 1. The minimum Gasteiger partial charge on any atom is -0.508 e. The molecule has 9 nitrogen and oxygen atoms in total. The number of aromatic nitrogens is 3. The van der Waals surface area contributed by atoms with E-state index in [1.165, 1.54) is 17.7 Å². The minimum absolute atomic E-state index is 0.0436. The second kappa shape index (κ2) is 12.6. The molecule has 0 aliphatic heterocycles. The van der Waals surface area contributed by atoms with E-state index in [-0.39, 0.29) is 29.9 Å². The molecule has 0 unspecified atom stereocenters. The lowest BCUT2D eigenvalue weighted by molar-refractivity contribution is -0.131. The van der Waals surface area contributed by atoms with Gasteiger partial charge in [0.15, 0.2) is 0 Å². The number of phenols is 1. The van der Waals surface area contributed by atoms with Gasteiger partial charge in [-0.3, -0.25) is 19.9 Å². The lowest BCUT2D eigenvalue weighted by Gasteiger charge is -2.19. The molecule has 0 aliphatic rings. The monoisotopic (exact) mass is 540 g/mol. The second-order valence-electron chi connectivity index (χ2n) is 10.8. The van der Waals surface area contributed by atoms with Gasteiger partial charge in [0.1, 0.15) is 11.6 Å². The molecule has 2 amide bonds. The van der Waals surface area contributed by atoms with E-state index in [4.69, 9.17) is 10.8 Å². The molecule has 1 atom stereocenters. The van der Waals surface area contributed by atoms with Crippen molar-refractivity contribution in [2.75, 3.05) is 11.9 Å². The number of phenolic OH excluding ortho intramolecular Hbond substituents is 1. The number of nitrogens with two attached hydrogens (primary N) is 1. The highest BCUT2D eigenvalue weighted by Crippen LogP contribution is 2.27. The molecule has 5 N–H and O–H groups in total. The number of nitrogens with zero attached hydrogens (tertiary/aromatic N) is 3. The molecule has 4 rings (SSSR count). The Morgan fingerprint density at radius 3 is 2.42 bits per heavy atom. The molecule has 0 spiro atoms. The maximum atomic E-state index is 12.4. The average Bonchev–Trinajstić information content (AvgIpc) is 3.36. The molecule has 0 radical (unpaired) electrons. The summed E-state index contributed by atoms with van der Waals surface area (Å²) in [6.45, 7) is 7.03. The Balaban J connectivity index is 1.36. The van der Waals surface area contributed by atoms with Crippen LogP contribution < -0.4 is 16.4 Å². The molecule has 4 aromatic rings. The van der Waals surface area contributed by atoms with Gasteiger partial charge in [-0.15, -0.1) is 0 Å². The van der Waals surface area contributed by atoms with E-state index in [1.54, 1.807) is 24.5 Å². The highest BCUT2D eigenvalue weighted by molar-refractivity contribution is 5.97. The molecule has 0 bridgehead atoms. The SMILES string of the molecule is CC(C)(C)c1ccc(-n2nc(-c3cccnc3)cc2NCCCC(=O)NC(=O)[C@@H](N)Cc2ccc(O)cc2)cc1. The van der Waals surface area contributed by atoms with Crippen LogP contribution in [0, 0.1) is 0 Å². The summed E-state index contributed by atoms with van der Waals surface area (Å²) < 4.78 is 1.85. The zero-order valence-electron chi connectivity index (χ0n) is 23.1. The van der Waals surface area contributed by atoms with Crippen LogP contribution in [0.3, 0.4) is 0 Å². The highest BCUT2D eigenvalue weighted by Gasteiger charge is 2.18. The molecule has 0 saturated heterocycles. The molecule has 2 aromatic carbocycles. The molecule has 0 fully saturated rings. The minimum atomic E-state index is -0.864. The van der Waals surface area contributed by atoms with Gasteiger partial charge in [-0.1, -0.05) is 45.0 Å². The summed E-state index contributed by atoms with van der Waals surface area (Å²) in [5, 5.41) is 20.0. The van der Waals surface area contributed by atoms with Crippen molar-refractivity contribution < 1.29 is 14.7 Å². The Kier molecular flexibility index (Phi) is 8.96. The van der Waals surface area contributed by atoms with Crippen molar-refractivity contribution >= 4 is 17.6 Å². The van der Waals surface area contributed by atoms with Gasteiger partial charge in [0.25, 0.3) is 0 Å². The second-order valence-corrected chi connectivity index (χ2v) is 10.8. The maximum Gasteiger partial charge on any atom is 0.243 e. The highest BCUT2D eigenvalue weighted by atomic mass is 16.3. The predicted octanol–water partition coefficient (Wildman–Crippen LogP) is 4.34. The van der Waals surface area contributed by atoms with Crippen LogP contribution in [-0.4, -0.2) is 44.3 Å². The van der Waals surface area contributed by atoms with Gasteiger partial charge in [-0.25, -0.2) is 4.68 Å². The average molecular weight is 541 g/mol. The van der Waals surface area contributed by atoms with Gasteiger partial charge in [0.05, 0.1) is 17.4 Å². The van der Waals surface area contributed by atoms with E-state index >= 15 is 0 Å². The Morgan fingerprint density at radius 2 is 1.77 bits per heavy atom. The van der Waals surface area contributed by atoms with Crippen LogP contribution in [0.15, 0.2) is 79.1 Å². The fourth-order valence-electron chi connectivity index (χ4n) is 4.20. The number of carbonyl (C=O) groups excluding carboxylic acids is 2. The number of benzene rings is 2.